The minimum atomic E-state index is -0.707. The van der Waals surface area contributed by atoms with Gasteiger partial charge in [0.2, 0.25) is 5.91 Å². The second-order valence-corrected chi connectivity index (χ2v) is 7.83. The summed E-state index contributed by atoms with van der Waals surface area (Å²) in [4.78, 5) is 37.7. The van der Waals surface area contributed by atoms with Crippen LogP contribution in [-0.4, -0.2) is 53.1 Å². The van der Waals surface area contributed by atoms with Gasteiger partial charge in [-0.05, 0) is 37.3 Å². The number of H-pyrrole nitrogens is 1. The molecule has 0 saturated heterocycles. The quantitative estimate of drug-likeness (QED) is 0.500. The summed E-state index contributed by atoms with van der Waals surface area (Å²) in [6.07, 6.45) is 0. The number of halogens is 1. The molecule has 2 aromatic carbocycles. The summed E-state index contributed by atoms with van der Waals surface area (Å²) in [7, 11) is 1.47. The number of nitrogens with zero attached hydrogens (tertiary/aromatic N) is 2. The first-order valence-electron chi connectivity index (χ1n) is 9.41. The number of aromatic amines is 1. The van der Waals surface area contributed by atoms with Crippen LogP contribution >= 0.6 is 15.9 Å². The second kappa shape index (κ2) is 10.0. The van der Waals surface area contributed by atoms with E-state index < -0.39 is 18.5 Å². The molecule has 3 aromatic rings. The van der Waals surface area contributed by atoms with E-state index in [0.717, 1.165) is 15.6 Å². The predicted molar refractivity (Wildman–Crippen MR) is 119 cm³/mol. The Morgan fingerprint density at radius 1 is 1.10 bits per heavy atom. The summed E-state index contributed by atoms with van der Waals surface area (Å²) in [6, 6.07) is 16.3. The molecule has 0 spiro atoms. The highest BCUT2D eigenvalue weighted by Crippen LogP contribution is 2.20. The summed E-state index contributed by atoms with van der Waals surface area (Å²) in [5, 5.41) is 9.41. The number of aryl methyl sites for hydroxylation is 1. The molecule has 0 aliphatic heterocycles. The van der Waals surface area contributed by atoms with E-state index in [2.05, 4.69) is 31.4 Å². The highest BCUT2D eigenvalue weighted by molar-refractivity contribution is 9.10. The maximum absolute atomic E-state index is 12.2. The number of ether oxygens (including phenoxy) is 1. The van der Waals surface area contributed by atoms with Gasteiger partial charge in [-0.3, -0.25) is 14.7 Å². The van der Waals surface area contributed by atoms with Crippen molar-refractivity contribution in [2.75, 3.05) is 25.5 Å². The summed E-state index contributed by atoms with van der Waals surface area (Å²) in [5.41, 5.74) is 3.26. The van der Waals surface area contributed by atoms with Crippen LogP contribution in [0.2, 0.25) is 0 Å². The topological polar surface area (TPSA) is 104 Å². The fraction of sp³-hybridized carbons (Fsp3) is 0.182. The van der Waals surface area contributed by atoms with Crippen molar-refractivity contribution in [3.63, 3.8) is 0 Å². The van der Waals surface area contributed by atoms with E-state index in [1.807, 2.05) is 43.3 Å². The van der Waals surface area contributed by atoms with E-state index in [-0.39, 0.29) is 18.1 Å². The Balaban J connectivity index is 1.48. The van der Waals surface area contributed by atoms with Gasteiger partial charge in [-0.1, -0.05) is 45.8 Å². The molecule has 0 unspecified atom stereocenters. The zero-order valence-corrected chi connectivity index (χ0v) is 18.6. The third-order valence-corrected chi connectivity index (χ3v) is 4.94. The van der Waals surface area contributed by atoms with Crippen LogP contribution in [0.3, 0.4) is 0 Å². The fourth-order valence-corrected chi connectivity index (χ4v) is 2.92. The summed E-state index contributed by atoms with van der Waals surface area (Å²) in [6.45, 7) is 1.30. The number of hydrogen-bond donors (Lipinski definition) is 2. The van der Waals surface area contributed by atoms with E-state index in [1.54, 1.807) is 18.2 Å². The van der Waals surface area contributed by atoms with Crippen molar-refractivity contribution in [2.24, 2.45) is 0 Å². The average molecular weight is 485 g/mol. The third kappa shape index (κ3) is 6.26. The van der Waals surface area contributed by atoms with Gasteiger partial charge in [0, 0.05) is 22.8 Å². The van der Waals surface area contributed by atoms with Gasteiger partial charge >= 0.3 is 5.97 Å². The lowest BCUT2D eigenvalue weighted by Gasteiger charge is -2.16. The molecule has 0 saturated carbocycles. The van der Waals surface area contributed by atoms with Crippen molar-refractivity contribution in [1.82, 2.24) is 15.1 Å². The number of benzene rings is 2. The van der Waals surface area contributed by atoms with Gasteiger partial charge in [0.1, 0.15) is 5.69 Å². The Morgan fingerprint density at radius 2 is 1.77 bits per heavy atom. The van der Waals surface area contributed by atoms with Crippen molar-refractivity contribution in [3.8, 4) is 11.3 Å². The van der Waals surface area contributed by atoms with Crippen LogP contribution in [0, 0.1) is 6.92 Å². The van der Waals surface area contributed by atoms with Gasteiger partial charge in [0.25, 0.3) is 5.91 Å². The zero-order chi connectivity index (χ0) is 22.4. The second-order valence-electron chi connectivity index (χ2n) is 6.91. The summed E-state index contributed by atoms with van der Waals surface area (Å²) >= 11 is 3.36. The van der Waals surface area contributed by atoms with Crippen molar-refractivity contribution in [3.05, 3.63) is 70.3 Å². The van der Waals surface area contributed by atoms with Crippen LogP contribution in [0.25, 0.3) is 11.3 Å². The lowest BCUT2D eigenvalue weighted by molar-refractivity contribution is -0.136. The first-order chi connectivity index (χ1) is 14.8. The number of aromatic nitrogens is 2. The minimum Gasteiger partial charge on any atom is -0.451 e. The Morgan fingerprint density at radius 3 is 2.45 bits per heavy atom. The number of anilines is 1. The van der Waals surface area contributed by atoms with Crippen molar-refractivity contribution in [1.29, 1.82) is 0 Å². The lowest BCUT2D eigenvalue weighted by atomic mass is 10.1. The summed E-state index contributed by atoms with van der Waals surface area (Å²) < 4.78 is 5.98. The molecule has 9 heteroatoms. The molecular formula is C22H21BrN4O4. The highest BCUT2D eigenvalue weighted by Gasteiger charge is 2.18. The molecule has 0 aliphatic rings. The molecule has 0 bridgehead atoms. The first-order valence-corrected chi connectivity index (χ1v) is 10.2. The van der Waals surface area contributed by atoms with Gasteiger partial charge in [-0.25, -0.2) is 4.79 Å². The van der Waals surface area contributed by atoms with E-state index in [0.29, 0.717) is 11.4 Å². The highest BCUT2D eigenvalue weighted by atomic mass is 79.9. The molecule has 0 radical (unpaired) electrons. The predicted octanol–water partition coefficient (Wildman–Crippen LogP) is 3.40. The maximum atomic E-state index is 12.2. The number of rotatable bonds is 7. The van der Waals surface area contributed by atoms with Crippen LogP contribution in [0.5, 0.6) is 0 Å². The Bertz CT molecular complexity index is 1080. The smallest absolute Gasteiger partial charge is 0.356 e. The van der Waals surface area contributed by atoms with Crippen LogP contribution < -0.4 is 5.32 Å². The average Bonchev–Trinajstić information content (AvgIpc) is 3.24. The molecular weight excluding hydrogens is 464 g/mol. The molecule has 2 amide bonds. The zero-order valence-electron chi connectivity index (χ0n) is 17.0. The van der Waals surface area contributed by atoms with Gasteiger partial charge in [-0.2, -0.15) is 5.10 Å². The SMILES string of the molecule is Cc1ccc(NC(=O)CN(C)C(=O)COC(=O)c2cc(-c3ccc(Br)cc3)n[nH]2)cc1. The minimum absolute atomic E-state index is 0.130. The third-order valence-electron chi connectivity index (χ3n) is 4.41. The molecule has 160 valence electrons. The number of esters is 1. The van der Waals surface area contributed by atoms with Crippen LogP contribution in [-0.2, 0) is 14.3 Å². The Labute approximate surface area is 187 Å². The van der Waals surface area contributed by atoms with Gasteiger partial charge < -0.3 is 15.0 Å². The van der Waals surface area contributed by atoms with Crippen molar-refractivity contribution >= 4 is 39.4 Å². The molecule has 1 heterocycles. The monoisotopic (exact) mass is 484 g/mol. The van der Waals surface area contributed by atoms with E-state index >= 15 is 0 Å². The number of likely N-dealkylation sites (N-methyl/N-ethyl adjacent to an activating group) is 1. The standard InChI is InChI=1S/C22H21BrN4O4/c1-14-3-9-17(10-4-14)24-20(28)12-27(2)21(29)13-31-22(30)19-11-18(25-26-19)15-5-7-16(23)8-6-15/h3-11H,12-13H2,1-2H3,(H,24,28)(H,25,26). The van der Waals surface area contributed by atoms with Crippen molar-refractivity contribution < 1.29 is 19.1 Å². The molecule has 31 heavy (non-hydrogen) atoms. The van der Waals surface area contributed by atoms with E-state index in [9.17, 15) is 14.4 Å². The molecule has 2 N–H and O–H groups in total. The molecule has 0 aliphatic carbocycles. The lowest BCUT2D eigenvalue weighted by Crippen LogP contribution is -2.37. The van der Waals surface area contributed by atoms with Gasteiger partial charge in [0.05, 0.1) is 12.2 Å². The molecule has 0 fully saturated rings. The van der Waals surface area contributed by atoms with Crippen LogP contribution in [0.1, 0.15) is 16.1 Å². The normalized spacial score (nSPS) is 10.4. The maximum Gasteiger partial charge on any atom is 0.356 e. The Hall–Kier alpha value is -3.46. The molecule has 0 atom stereocenters. The van der Waals surface area contributed by atoms with Gasteiger partial charge in [-0.15, -0.1) is 0 Å². The molecule has 8 nitrogen and oxygen atoms in total. The fourth-order valence-electron chi connectivity index (χ4n) is 2.65. The summed E-state index contributed by atoms with van der Waals surface area (Å²) in [5.74, 6) is -1.56. The Kier molecular flexibility index (Phi) is 7.19. The first kappa shape index (κ1) is 22.2. The molecule has 1 aromatic heterocycles. The van der Waals surface area contributed by atoms with E-state index in [4.69, 9.17) is 4.74 Å². The molecule has 3 rings (SSSR count). The number of hydrogen-bond acceptors (Lipinski definition) is 5. The van der Waals surface area contributed by atoms with E-state index in [1.165, 1.54) is 11.9 Å². The number of carbonyl (C=O) groups is 3. The largest absolute Gasteiger partial charge is 0.451 e. The number of carbonyl (C=O) groups excluding carboxylic acids is 3. The van der Waals surface area contributed by atoms with Crippen LogP contribution in [0.4, 0.5) is 5.69 Å². The number of nitrogens with one attached hydrogen (secondary N) is 2. The van der Waals surface area contributed by atoms with Gasteiger partial charge in [0.15, 0.2) is 6.61 Å². The van der Waals surface area contributed by atoms with Crippen LogP contribution in [0.15, 0.2) is 59.1 Å². The van der Waals surface area contributed by atoms with Crippen molar-refractivity contribution in [2.45, 2.75) is 6.92 Å². The number of amides is 2.